The Balaban J connectivity index is 1.72. The molecule has 0 amide bonds. The van der Waals surface area contributed by atoms with Gasteiger partial charge in [0.05, 0.1) is 6.61 Å². The Morgan fingerprint density at radius 1 is 1.00 bits per heavy atom. The molecule has 0 radical (unpaired) electrons. The summed E-state index contributed by atoms with van der Waals surface area (Å²) in [5.74, 6) is 1.63. The fourth-order valence-corrected chi connectivity index (χ4v) is 3.96. The molecule has 0 aromatic heterocycles. The molecular formula is C23H36O2. The molecule has 0 saturated heterocycles. The van der Waals surface area contributed by atoms with Crippen LogP contribution in [0.1, 0.15) is 95.1 Å². The monoisotopic (exact) mass is 344 g/mol. The largest absolute Gasteiger partial charge is 0.466 e. The van der Waals surface area contributed by atoms with Crippen molar-refractivity contribution in [3.63, 3.8) is 0 Å². The summed E-state index contributed by atoms with van der Waals surface area (Å²) in [5, 5.41) is 0. The summed E-state index contributed by atoms with van der Waals surface area (Å²) in [6.07, 6.45) is 13.2. The van der Waals surface area contributed by atoms with Crippen LogP contribution in [-0.2, 0) is 16.0 Å². The summed E-state index contributed by atoms with van der Waals surface area (Å²) >= 11 is 0. The first kappa shape index (κ1) is 20.0. The number of unbranched alkanes of at least 4 members (excludes halogenated alkanes) is 2. The Bertz CT molecular complexity index is 483. The molecule has 0 N–H and O–H groups in total. The molecule has 0 heterocycles. The number of carbonyl (C=O) groups excluding carboxylic acids is 1. The Kier molecular flexibility index (Phi) is 9.07. The van der Waals surface area contributed by atoms with Crippen molar-refractivity contribution in [2.24, 2.45) is 5.92 Å². The normalized spacial score (nSPS) is 20.4. The van der Waals surface area contributed by atoms with Crippen molar-refractivity contribution < 1.29 is 9.53 Å². The third-order valence-corrected chi connectivity index (χ3v) is 5.60. The molecule has 25 heavy (non-hydrogen) atoms. The fraction of sp³-hybridized carbons (Fsp3) is 0.696. The molecule has 1 fully saturated rings. The Labute approximate surface area is 154 Å². The molecule has 1 aromatic rings. The highest BCUT2D eigenvalue weighted by molar-refractivity contribution is 5.69. The van der Waals surface area contributed by atoms with Gasteiger partial charge in [0.25, 0.3) is 0 Å². The molecule has 0 spiro atoms. The summed E-state index contributed by atoms with van der Waals surface area (Å²) in [7, 11) is 0. The van der Waals surface area contributed by atoms with E-state index in [1.54, 1.807) is 0 Å². The van der Waals surface area contributed by atoms with Gasteiger partial charge in [0, 0.05) is 6.42 Å². The summed E-state index contributed by atoms with van der Waals surface area (Å²) in [6.45, 7) is 4.85. The summed E-state index contributed by atoms with van der Waals surface area (Å²) in [5.41, 5.74) is 2.73. The van der Waals surface area contributed by atoms with Crippen LogP contribution in [0.2, 0.25) is 0 Å². The van der Waals surface area contributed by atoms with Gasteiger partial charge in [-0.25, -0.2) is 0 Å². The van der Waals surface area contributed by atoms with Gasteiger partial charge in [-0.15, -0.1) is 0 Å². The van der Waals surface area contributed by atoms with Gasteiger partial charge in [-0.05, 0) is 61.5 Å². The standard InChI is InChI=1S/C23H36O2/c1-3-5-6-7-19-8-13-21(14-9-19)22-15-10-20(11-16-22)12-17-23(24)25-18-4-2/h10-11,15-16,19,21H,3-9,12-14,17-18H2,1-2H3/t19-,21-. The van der Waals surface area contributed by atoms with E-state index in [0.29, 0.717) is 13.0 Å². The van der Waals surface area contributed by atoms with Crippen molar-refractivity contribution in [2.75, 3.05) is 6.61 Å². The number of esters is 1. The Morgan fingerprint density at radius 3 is 2.36 bits per heavy atom. The van der Waals surface area contributed by atoms with Crippen LogP contribution in [0.25, 0.3) is 0 Å². The highest BCUT2D eigenvalue weighted by atomic mass is 16.5. The van der Waals surface area contributed by atoms with Gasteiger partial charge < -0.3 is 4.74 Å². The van der Waals surface area contributed by atoms with Crippen LogP contribution < -0.4 is 0 Å². The van der Waals surface area contributed by atoms with Crippen LogP contribution in [0, 0.1) is 5.92 Å². The predicted octanol–water partition coefficient (Wildman–Crippen LogP) is 6.43. The lowest BCUT2D eigenvalue weighted by Crippen LogP contribution is -2.13. The molecule has 2 nitrogen and oxygen atoms in total. The van der Waals surface area contributed by atoms with Gasteiger partial charge in [-0.3, -0.25) is 4.79 Å². The SMILES string of the molecule is CCCCC[C@H]1CC[C@H](c2ccc(CCC(=O)OCCC)cc2)CC1. The van der Waals surface area contributed by atoms with Gasteiger partial charge in [-0.2, -0.15) is 0 Å². The molecule has 2 heteroatoms. The van der Waals surface area contributed by atoms with Gasteiger partial charge in [0.15, 0.2) is 0 Å². The molecule has 1 aliphatic rings. The van der Waals surface area contributed by atoms with E-state index in [4.69, 9.17) is 4.74 Å². The van der Waals surface area contributed by atoms with Crippen LogP contribution in [0.15, 0.2) is 24.3 Å². The molecular weight excluding hydrogens is 308 g/mol. The lowest BCUT2D eigenvalue weighted by molar-refractivity contribution is -0.143. The maximum atomic E-state index is 11.6. The molecule has 0 unspecified atom stereocenters. The van der Waals surface area contributed by atoms with Gasteiger partial charge in [0.1, 0.15) is 0 Å². The smallest absolute Gasteiger partial charge is 0.306 e. The number of ether oxygens (including phenoxy) is 1. The maximum Gasteiger partial charge on any atom is 0.306 e. The molecule has 0 atom stereocenters. The van der Waals surface area contributed by atoms with Crippen molar-refractivity contribution in [2.45, 2.75) is 90.4 Å². The Morgan fingerprint density at radius 2 is 1.72 bits per heavy atom. The molecule has 0 bridgehead atoms. The minimum absolute atomic E-state index is 0.0766. The maximum absolute atomic E-state index is 11.6. The lowest BCUT2D eigenvalue weighted by Gasteiger charge is -2.29. The van der Waals surface area contributed by atoms with Crippen molar-refractivity contribution in [3.8, 4) is 0 Å². The van der Waals surface area contributed by atoms with Crippen LogP contribution in [0.4, 0.5) is 0 Å². The summed E-state index contributed by atoms with van der Waals surface area (Å²) < 4.78 is 5.14. The second-order valence-electron chi connectivity index (χ2n) is 7.68. The number of carbonyl (C=O) groups is 1. The predicted molar refractivity (Wildman–Crippen MR) is 105 cm³/mol. The van der Waals surface area contributed by atoms with Crippen molar-refractivity contribution in [3.05, 3.63) is 35.4 Å². The summed E-state index contributed by atoms with van der Waals surface area (Å²) in [6, 6.07) is 8.98. The van der Waals surface area contributed by atoms with E-state index in [1.807, 2.05) is 6.92 Å². The molecule has 1 aliphatic carbocycles. The molecule has 1 saturated carbocycles. The van der Waals surface area contributed by atoms with E-state index in [9.17, 15) is 4.79 Å². The highest BCUT2D eigenvalue weighted by Crippen LogP contribution is 2.37. The zero-order valence-corrected chi connectivity index (χ0v) is 16.3. The number of rotatable bonds is 10. The van der Waals surface area contributed by atoms with Gasteiger partial charge in [-0.1, -0.05) is 63.8 Å². The number of hydrogen-bond donors (Lipinski definition) is 0. The van der Waals surface area contributed by atoms with E-state index in [2.05, 4.69) is 31.2 Å². The zero-order valence-electron chi connectivity index (χ0n) is 16.3. The van der Waals surface area contributed by atoms with E-state index in [0.717, 1.165) is 24.7 Å². The first-order chi connectivity index (χ1) is 12.2. The molecule has 2 rings (SSSR count). The first-order valence-corrected chi connectivity index (χ1v) is 10.5. The zero-order chi connectivity index (χ0) is 17.9. The fourth-order valence-electron chi connectivity index (χ4n) is 3.96. The Hall–Kier alpha value is -1.31. The first-order valence-electron chi connectivity index (χ1n) is 10.5. The van der Waals surface area contributed by atoms with Crippen LogP contribution in [-0.4, -0.2) is 12.6 Å². The van der Waals surface area contributed by atoms with E-state index in [-0.39, 0.29) is 5.97 Å². The molecule has 1 aromatic carbocycles. The average Bonchev–Trinajstić information content (AvgIpc) is 2.66. The van der Waals surface area contributed by atoms with Crippen LogP contribution >= 0.6 is 0 Å². The van der Waals surface area contributed by atoms with Gasteiger partial charge in [0.2, 0.25) is 0 Å². The van der Waals surface area contributed by atoms with E-state index < -0.39 is 0 Å². The number of hydrogen-bond acceptors (Lipinski definition) is 2. The minimum Gasteiger partial charge on any atom is -0.466 e. The van der Waals surface area contributed by atoms with Crippen molar-refractivity contribution in [1.29, 1.82) is 0 Å². The van der Waals surface area contributed by atoms with E-state index in [1.165, 1.54) is 62.5 Å². The quantitative estimate of drug-likeness (QED) is 0.361. The third-order valence-electron chi connectivity index (χ3n) is 5.60. The topological polar surface area (TPSA) is 26.3 Å². The average molecular weight is 345 g/mol. The number of benzene rings is 1. The molecule has 0 aliphatic heterocycles. The second-order valence-corrected chi connectivity index (χ2v) is 7.68. The summed E-state index contributed by atoms with van der Waals surface area (Å²) in [4.78, 5) is 11.6. The second kappa shape index (κ2) is 11.3. The van der Waals surface area contributed by atoms with Crippen molar-refractivity contribution >= 4 is 5.97 Å². The van der Waals surface area contributed by atoms with Crippen LogP contribution in [0.5, 0.6) is 0 Å². The van der Waals surface area contributed by atoms with Gasteiger partial charge >= 0.3 is 5.97 Å². The molecule has 140 valence electrons. The van der Waals surface area contributed by atoms with E-state index >= 15 is 0 Å². The number of aryl methyl sites for hydroxylation is 1. The lowest BCUT2D eigenvalue weighted by atomic mass is 9.77. The highest BCUT2D eigenvalue weighted by Gasteiger charge is 2.21. The van der Waals surface area contributed by atoms with Crippen molar-refractivity contribution in [1.82, 2.24) is 0 Å². The minimum atomic E-state index is -0.0766. The van der Waals surface area contributed by atoms with Crippen LogP contribution in [0.3, 0.4) is 0 Å². The third kappa shape index (κ3) is 7.22.